The molecule has 0 radical (unpaired) electrons. The minimum Gasteiger partial charge on any atom is -0.343 e. The molecular formula is C12H12BrClN2O2. The Kier molecular flexibility index (Phi) is 3.64. The maximum Gasteiger partial charge on any atom is 0.250 e. The molecule has 0 aromatic heterocycles. The van der Waals surface area contributed by atoms with Crippen molar-refractivity contribution >= 4 is 45.0 Å². The molecule has 1 aromatic carbocycles. The first-order chi connectivity index (χ1) is 8.41. The highest BCUT2D eigenvalue weighted by Gasteiger charge is 2.37. The molecule has 4 nitrogen and oxygen atoms in total. The molecule has 2 atom stereocenters. The van der Waals surface area contributed by atoms with Gasteiger partial charge in [0.1, 0.15) is 12.1 Å². The van der Waals surface area contributed by atoms with Crippen LogP contribution in [0.1, 0.15) is 13.8 Å². The number of nitrogens with one attached hydrogen (secondary N) is 1. The lowest BCUT2D eigenvalue weighted by Gasteiger charge is -2.36. The van der Waals surface area contributed by atoms with Crippen LogP contribution in [-0.4, -0.2) is 23.9 Å². The minimum absolute atomic E-state index is 0.134. The monoisotopic (exact) mass is 330 g/mol. The number of amides is 2. The van der Waals surface area contributed by atoms with E-state index >= 15 is 0 Å². The summed E-state index contributed by atoms with van der Waals surface area (Å²) in [6.45, 7) is 3.36. The number of carbonyl (C=O) groups excluding carboxylic acids is 2. The zero-order valence-corrected chi connectivity index (χ0v) is 12.2. The Balaban J connectivity index is 2.46. The first-order valence-electron chi connectivity index (χ1n) is 5.50. The van der Waals surface area contributed by atoms with Crippen molar-refractivity contribution in [1.29, 1.82) is 0 Å². The Labute approximate surface area is 118 Å². The van der Waals surface area contributed by atoms with Crippen LogP contribution in [0, 0.1) is 0 Å². The highest BCUT2D eigenvalue weighted by atomic mass is 79.9. The molecule has 1 heterocycles. The van der Waals surface area contributed by atoms with Gasteiger partial charge in [0.15, 0.2) is 0 Å². The van der Waals surface area contributed by atoms with Gasteiger partial charge in [-0.15, -0.1) is 0 Å². The topological polar surface area (TPSA) is 49.4 Å². The van der Waals surface area contributed by atoms with Gasteiger partial charge in [0.2, 0.25) is 11.8 Å². The van der Waals surface area contributed by atoms with Gasteiger partial charge in [-0.2, -0.15) is 0 Å². The fraction of sp³-hybridized carbons (Fsp3) is 0.333. The van der Waals surface area contributed by atoms with Crippen LogP contribution in [0.3, 0.4) is 0 Å². The number of halogens is 2. The molecule has 0 spiro atoms. The molecule has 2 rings (SSSR count). The van der Waals surface area contributed by atoms with Crippen LogP contribution in [0.5, 0.6) is 0 Å². The number of rotatable bonds is 1. The second-order valence-corrected chi connectivity index (χ2v) is 5.50. The summed E-state index contributed by atoms with van der Waals surface area (Å²) in [5, 5.41) is 3.21. The number of nitrogens with zero attached hydrogens (tertiary/aromatic N) is 1. The highest BCUT2D eigenvalue weighted by molar-refractivity contribution is 9.10. The molecule has 1 aliphatic heterocycles. The number of anilines is 1. The van der Waals surface area contributed by atoms with Gasteiger partial charge in [-0.3, -0.25) is 14.5 Å². The lowest BCUT2D eigenvalue weighted by Crippen LogP contribution is -2.61. The molecule has 1 aromatic rings. The van der Waals surface area contributed by atoms with E-state index in [1.165, 1.54) is 4.90 Å². The molecule has 18 heavy (non-hydrogen) atoms. The molecule has 6 heteroatoms. The molecule has 1 fully saturated rings. The standard InChI is InChI=1S/C12H12BrClN2O2/c1-6-12(18)16(7(2)11(17)15-6)10-4-3-8(14)5-9(10)13/h3-7H,1-2H3,(H,15,17). The van der Waals surface area contributed by atoms with Crippen molar-refractivity contribution < 1.29 is 9.59 Å². The predicted octanol–water partition coefficient (Wildman–Crippen LogP) is 2.34. The quantitative estimate of drug-likeness (QED) is 0.859. The third-order valence-electron chi connectivity index (χ3n) is 2.90. The van der Waals surface area contributed by atoms with Crippen molar-refractivity contribution in [2.45, 2.75) is 25.9 Å². The summed E-state index contributed by atoms with van der Waals surface area (Å²) in [5.41, 5.74) is 0.651. The van der Waals surface area contributed by atoms with Crippen LogP contribution in [0.25, 0.3) is 0 Å². The summed E-state index contributed by atoms with van der Waals surface area (Å²) in [6, 6.07) is 4.07. The zero-order valence-electron chi connectivity index (χ0n) is 9.91. The second-order valence-electron chi connectivity index (χ2n) is 4.21. The number of carbonyl (C=O) groups is 2. The van der Waals surface area contributed by atoms with Crippen molar-refractivity contribution in [3.05, 3.63) is 27.7 Å². The van der Waals surface area contributed by atoms with E-state index in [1.54, 1.807) is 32.0 Å². The Morgan fingerprint density at radius 3 is 2.61 bits per heavy atom. The van der Waals surface area contributed by atoms with Crippen molar-refractivity contribution in [2.24, 2.45) is 0 Å². The predicted molar refractivity (Wildman–Crippen MR) is 73.7 cm³/mol. The van der Waals surface area contributed by atoms with E-state index in [2.05, 4.69) is 21.2 Å². The van der Waals surface area contributed by atoms with Gasteiger partial charge in [-0.1, -0.05) is 11.6 Å². The smallest absolute Gasteiger partial charge is 0.250 e. The average molecular weight is 332 g/mol. The molecule has 0 saturated carbocycles. The normalized spacial score (nSPS) is 24.1. The third-order valence-corrected chi connectivity index (χ3v) is 3.77. The van der Waals surface area contributed by atoms with E-state index in [-0.39, 0.29) is 11.8 Å². The van der Waals surface area contributed by atoms with Gasteiger partial charge >= 0.3 is 0 Å². The van der Waals surface area contributed by atoms with E-state index in [1.807, 2.05) is 0 Å². The van der Waals surface area contributed by atoms with Crippen molar-refractivity contribution in [3.8, 4) is 0 Å². The summed E-state index contributed by atoms with van der Waals surface area (Å²) in [6.07, 6.45) is 0. The van der Waals surface area contributed by atoms with E-state index in [4.69, 9.17) is 11.6 Å². The van der Waals surface area contributed by atoms with Crippen LogP contribution in [0.15, 0.2) is 22.7 Å². The Bertz CT molecular complexity index is 521. The van der Waals surface area contributed by atoms with Crippen molar-refractivity contribution in [3.63, 3.8) is 0 Å². The van der Waals surface area contributed by atoms with Crippen LogP contribution < -0.4 is 10.2 Å². The van der Waals surface area contributed by atoms with Gasteiger partial charge in [0.05, 0.1) is 5.69 Å². The summed E-state index contributed by atoms with van der Waals surface area (Å²) in [5.74, 6) is -0.297. The molecule has 1 N–H and O–H groups in total. The molecule has 0 bridgehead atoms. The molecule has 0 aliphatic carbocycles. The molecule has 2 amide bonds. The minimum atomic E-state index is -0.536. The molecule has 1 saturated heterocycles. The summed E-state index contributed by atoms with van der Waals surface area (Å²) >= 11 is 9.24. The molecule has 1 aliphatic rings. The fourth-order valence-corrected chi connectivity index (χ4v) is 2.79. The van der Waals surface area contributed by atoms with Crippen molar-refractivity contribution in [1.82, 2.24) is 5.32 Å². The van der Waals surface area contributed by atoms with E-state index in [9.17, 15) is 9.59 Å². The van der Waals surface area contributed by atoms with E-state index < -0.39 is 12.1 Å². The number of hydrogen-bond acceptors (Lipinski definition) is 2. The molecule has 2 unspecified atom stereocenters. The lowest BCUT2D eigenvalue weighted by molar-refractivity contribution is -0.133. The van der Waals surface area contributed by atoms with Crippen LogP contribution >= 0.6 is 27.5 Å². The summed E-state index contributed by atoms with van der Waals surface area (Å²) in [4.78, 5) is 25.4. The van der Waals surface area contributed by atoms with Gasteiger partial charge in [-0.05, 0) is 48.0 Å². The highest BCUT2D eigenvalue weighted by Crippen LogP contribution is 2.32. The summed E-state index contributed by atoms with van der Waals surface area (Å²) < 4.78 is 0.692. The number of benzene rings is 1. The van der Waals surface area contributed by atoms with Gasteiger partial charge < -0.3 is 5.32 Å². The van der Waals surface area contributed by atoms with Crippen molar-refractivity contribution in [2.75, 3.05) is 4.90 Å². The first-order valence-corrected chi connectivity index (χ1v) is 6.67. The SMILES string of the molecule is CC1NC(=O)C(C)N(c2ccc(Cl)cc2Br)C1=O. The number of hydrogen-bond donors (Lipinski definition) is 1. The Morgan fingerprint density at radius 2 is 2.00 bits per heavy atom. The average Bonchev–Trinajstić information content (AvgIpc) is 2.29. The van der Waals surface area contributed by atoms with E-state index in [0.717, 1.165) is 0 Å². The summed E-state index contributed by atoms with van der Waals surface area (Å²) in [7, 11) is 0. The third kappa shape index (κ3) is 2.24. The van der Waals surface area contributed by atoms with Crippen LogP contribution in [0.2, 0.25) is 5.02 Å². The Hall–Kier alpha value is -1.07. The molecule has 96 valence electrons. The zero-order chi connectivity index (χ0) is 13.4. The lowest BCUT2D eigenvalue weighted by atomic mass is 10.1. The van der Waals surface area contributed by atoms with Gasteiger partial charge in [0, 0.05) is 9.50 Å². The van der Waals surface area contributed by atoms with Crippen LogP contribution in [-0.2, 0) is 9.59 Å². The number of piperazine rings is 1. The second kappa shape index (κ2) is 4.90. The maximum absolute atomic E-state index is 12.2. The van der Waals surface area contributed by atoms with E-state index in [0.29, 0.717) is 15.2 Å². The molecular weight excluding hydrogens is 320 g/mol. The first kappa shape index (κ1) is 13.4. The maximum atomic E-state index is 12.2. The van der Waals surface area contributed by atoms with Gasteiger partial charge in [-0.25, -0.2) is 0 Å². The van der Waals surface area contributed by atoms with Crippen LogP contribution in [0.4, 0.5) is 5.69 Å². The largest absolute Gasteiger partial charge is 0.343 e. The fourth-order valence-electron chi connectivity index (χ4n) is 1.92. The van der Waals surface area contributed by atoms with Gasteiger partial charge in [0.25, 0.3) is 0 Å². The Morgan fingerprint density at radius 1 is 1.33 bits per heavy atom.